The Morgan fingerprint density at radius 1 is 1.00 bits per heavy atom. The lowest BCUT2D eigenvalue weighted by molar-refractivity contribution is -0.121. The van der Waals surface area contributed by atoms with Crippen LogP contribution >= 0.6 is 0 Å². The van der Waals surface area contributed by atoms with Crippen LogP contribution in [0.3, 0.4) is 0 Å². The predicted octanol–water partition coefficient (Wildman–Crippen LogP) is 2.42. The van der Waals surface area contributed by atoms with Crippen LogP contribution in [0.4, 0.5) is 10.1 Å². The van der Waals surface area contributed by atoms with Gasteiger partial charge in [0.15, 0.2) is 0 Å². The Labute approximate surface area is 156 Å². The molecule has 7 heteroatoms. The molecule has 0 bridgehead atoms. The van der Waals surface area contributed by atoms with Crippen molar-refractivity contribution in [3.05, 3.63) is 65.5 Å². The van der Waals surface area contributed by atoms with Gasteiger partial charge in [0.2, 0.25) is 11.8 Å². The van der Waals surface area contributed by atoms with Gasteiger partial charge in [0, 0.05) is 35.8 Å². The van der Waals surface area contributed by atoms with Crippen molar-refractivity contribution < 1.29 is 18.8 Å². The molecular weight excluding hydrogens is 349 g/mol. The molecule has 0 spiro atoms. The van der Waals surface area contributed by atoms with E-state index in [0.717, 1.165) is 0 Å². The molecule has 1 heterocycles. The number of primary amides is 1. The van der Waals surface area contributed by atoms with Crippen molar-refractivity contribution >= 4 is 23.4 Å². The summed E-state index contributed by atoms with van der Waals surface area (Å²) in [6.07, 6.45) is 1.07. The molecule has 3 amide bonds. The first kappa shape index (κ1) is 18.6. The Balaban J connectivity index is 1.56. The van der Waals surface area contributed by atoms with E-state index in [2.05, 4.69) is 5.32 Å². The predicted molar refractivity (Wildman–Crippen MR) is 98.6 cm³/mol. The van der Waals surface area contributed by atoms with Gasteiger partial charge in [0.25, 0.3) is 5.91 Å². The molecule has 1 aliphatic heterocycles. The minimum atomic E-state index is -0.557. The Bertz CT molecular complexity index is 859. The number of carbonyl (C=O) groups excluding carboxylic acids is 3. The second-order valence-electron chi connectivity index (χ2n) is 6.51. The van der Waals surface area contributed by atoms with Crippen LogP contribution in [0, 0.1) is 11.7 Å². The van der Waals surface area contributed by atoms with Crippen LogP contribution in [-0.4, -0.2) is 35.7 Å². The number of piperidine rings is 1. The number of benzene rings is 2. The maximum absolute atomic E-state index is 13.0. The van der Waals surface area contributed by atoms with E-state index in [1.807, 2.05) is 0 Å². The van der Waals surface area contributed by atoms with Crippen molar-refractivity contribution in [2.45, 2.75) is 12.8 Å². The van der Waals surface area contributed by atoms with Crippen molar-refractivity contribution in [2.24, 2.45) is 11.7 Å². The van der Waals surface area contributed by atoms with Crippen molar-refractivity contribution in [1.82, 2.24) is 4.90 Å². The highest BCUT2D eigenvalue weighted by Crippen LogP contribution is 2.21. The third kappa shape index (κ3) is 4.49. The first-order chi connectivity index (χ1) is 12.9. The topological polar surface area (TPSA) is 92.5 Å². The summed E-state index contributed by atoms with van der Waals surface area (Å²) < 4.78 is 13.0. The van der Waals surface area contributed by atoms with Crippen LogP contribution in [0.15, 0.2) is 48.5 Å². The molecule has 2 aromatic carbocycles. The van der Waals surface area contributed by atoms with E-state index >= 15 is 0 Å². The van der Waals surface area contributed by atoms with Crippen LogP contribution in [0.5, 0.6) is 0 Å². The summed E-state index contributed by atoms with van der Waals surface area (Å²) in [5.41, 5.74) is 6.52. The second-order valence-corrected chi connectivity index (χ2v) is 6.51. The smallest absolute Gasteiger partial charge is 0.253 e. The largest absolute Gasteiger partial charge is 0.366 e. The van der Waals surface area contributed by atoms with Gasteiger partial charge in [-0.25, -0.2) is 4.39 Å². The van der Waals surface area contributed by atoms with Gasteiger partial charge in [-0.1, -0.05) is 6.07 Å². The minimum absolute atomic E-state index is 0.148. The first-order valence-corrected chi connectivity index (χ1v) is 8.69. The van der Waals surface area contributed by atoms with Crippen molar-refractivity contribution in [2.75, 3.05) is 18.4 Å². The van der Waals surface area contributed by atoms with Crippen LogP contribution in [0.25, 0.3) is 0 Å². The van der Waals surface area contributed by atoms with Gasteiger partial charge in [0.1, 0.15) is 5.82 Å². The van der Waals surface area contributed by atoms with Crippen molar-refractivity contribution in [3.8, 4) is 0 Å². The van der Waals surface area contributed by atoms with E-state index in [1.54, 1.807) is 23.1 Å². The number of rotatable bonds is 4. The molecule has 0 saturated carbocycles. The van der Waals surface area contributed by atoms with Gasteiger partial charge in [-0.05, 0) is 55.3 Å². The Morgan fingerprint density at radius 3 is 2.30 bits per heavy atom. The quantitative estimate of drug-likeness (QED) is 0.867. The maximum Gasteiger partial charge on any atom is 0.253 e. The normalized spacial score (nSPS) is 14.6. The van der Waals surface area contributed by atoms with E-state index in [4.69, 9.17) is 5.73 Å². The Morgan fingerprint density at radius 2 is 1.67 bits per heavy atom. The third-order valence-electron chi connectivity index (χ3n) is 4.66. The van der Waals surface area contributed by atoms with Gasteiger partial charge in [0.05, 0.1) is 0 Å². The molecule has 140 valence electrons. The average Bonchev–Trinajstić information content (AvgIpc) is 2.68. The van der Waals surface area contributed by atoms with Gasteiger partial charge in [-0.2, -0.15) is 0 Å². The zero-order chi connectivity index (χ0) is 19.4. The zero-order valence-electron chi connectivity index (χ0n) is 14.7. The molecule has 27 heavy (non-hydrogen) atoms. The fraction of sp³-hybridized carbons (Fsp3) is 0.250. The molecule has 2 aromatic rings. The van der Waals surface area contributed by atoms with E-state index in [1.165, 1.54) is 30.3 Å². The summed E-state index contributed by atoms with van der Waals surface area (Å²) in [4.78, 5) is 37.8. The minimum Gasteiger partial charge on any atom is -0.366 e. The number of halogens is 1. The number of anilines is 1. The van der Waals surface area contributed by atoms with Gasteiger partial charge in [-0.15, -0.1) is 0 Å². The number of likely N-dealkylation sites (tertiary alicyclic amines) is 1. The highest BCUT2D eigenvalue weighted by atomic mass is 19.1. The van der Waals surface area contributed by atoms with Crippen LogP contribution < -0.4 is 11.1 Å². The molecule has 6 nitrogen and oxygen atoms in total. The summed E-state index contributed by atoms with van der Waals surface area (Å²) >= 11 is 0. The molecule has 0 atom stereocenters. The summed E-state index contributed by atoms with van der Waals surface area (Å²) in [7, 11) is 0. The van der Waals surface area contributed by atoms with Gasteiger partial charge in [-0.3, -0.25) is 14.4 Å². The molecule has 0 unspecified atom stereocenters. The average molecular weight is 369 g/mol. The van der Waals surface area contributed by atoms with Crippen LogP contribution in [-0.2, 0) is 4.79 Å². The first-order valence-electron chi connectivity index (χ1n) is 8.69. The number of carbonyl (C=O) groups is 3. The van der Waals surface area contributed by atoms with E-state index in [0.29, 0.717) is 42.7 Å². The SMILES string of the molecule is NC(=O)c1cccc(NC(=O)C2CCN(C(=O)c3ccc(F)cc3)CC2)c1. The lowest BCUT2D eigenvalue weighted by Gasteiger charge is -2.31. The third-order valence-corrected chi connectivity index (χ3v) is 4.66. The fourth-order valence-corrected chi connectivity index (χ4v) is 3.11. The van der Waals surface area contributed by atoms with E-state index in [9.17, 15) is 18.8 Å². The standard InChI is InChI=1S/C20H20FN3O3/c21-16-6-4-14(5-7-16)20(27)24-10-8-13(9-11-24)19(26)23-17-3-1-2-15(12-17)18(22)25/h1-7,12-13H,8-11H2,(H2,22,25)(H,23,26). The molecule has 0 aliphatic carbocycles. The van der Waals surface area contributed by atoms with Gasteiger partial charge < -0.3 is 16.0 Å². The monoisotopic (exact) mass is 369 g/mol. The molecule has 1 fully saturated rings. The zero-order valence-corrected chi connectivity index (χ0v) is 14.7. The molecule has 1 aliphatic rings. The van der Waals surface area contributed by atoms with E-state index in [-0.39, 0.29) is 23.5 Å². The molecule has 0 radical (unpaired) electrons. The number of nitrogens with one attached hydrogen (secondary N) is 1. The maximum atomic E-state index is 13.0. The number of hydrogen-bond donors (Lipinski definition) is 2. The number of amides is 3. The lowest BCUT2D eigenvalue weighted by atomic mass is 9.95. The number of nitrogens with two attached hydrogens (primary N) is 1. The summed E-state index contributed by atoms with van der Waals surface area (Å²) in [5, 5.41) is 2.80. The van der Waals surface area contributed by atoms with Crippen molar-refractivity contribution in [1.29, 1.82) is 0 Å². The summed E-state index contributed by atoms with van der Waals surface area (Å²) in [6, 6.07) is 11.9. The number of nitrogens with zero attached hydrogens (tertiary/aromatic N) is 1. The molecular formula is C20H20FN3O3. The highest BCUT2D eigenvalue weighted by molar-refractivity contribution is 5.97. The Hall–Kier alpha value is -3.22. The molecule has 3 N–H and O–H groups in total. The van der Waals surface area contributed by atoms with Crippen LogP contribution in [0.1, 0.15) is 33.6 Å². The number of hydrogen-bond acceptors (Lipinski definition) is 3. The van der Waals surface area contributed by atoms with Gasteiger partial charge >= 0.3 is 0 Å². The fourth-order valence-electron chi connectivity index (χ4n) is 3.11. The molecule has 3 rings (SSSR count). The highest BCUT2D eigenvalue weighted by Gasteiger charge is 2.28. The summed E-state index contributed by atoms with van der Waals surface area (Å²) in [6.45, 7) is 0.908. The van der Waals surface area contributed by atoms with Crippen LogP contribution in [0.2, 0.25) is 0 Å². The van der Waals surface area contributed by atoms with E-state index < -0.39 is 5.91 Å². The second kappa shape index (κ2) is 7.99. The molecule has 1 saturated heterocycles. The lowest BCUT2D eigenvalue weighted by Crippen LogP contribution is -2.41. The van der Waals surface area contributed by atoms with Crippen molar-refractivity contribution in [3.63, 3.8) is 0 Å². The Kier molecular flexibility index (Phi) is 5.49. The summed E-state index contributed by atoms with van der Waals surface area (Å²) in [5.74, 6) is -1.48. The molecule has 0 aromatic heterocycles.